The summed E-state index contributed by atoms with van der Waals surface area (Å²) in [6.07, 6.45) is 4.99. The number of thiophene rings is 1. The van der Waals surface area contributed by atoms with E-state index in [1.54, 1.807) is 11.2 Å². The highest BCUT2D eigenvalue weighted by Crippen LogP contribution is 2.40. The number of carbonyl (C=O) groups excluding carboxylic acids is 1. The fourth-order valence-electron chi connectivity index (χ4n) is 3.81. The van der Waals surface area contributed by atoms with Gasteiger partial charge in [-0.1, -0.05) is 6.92 Å². The van der Waals surface area contributed by atoms with Crippen molar-refractivity contribution in [1.82, 2.24) is 14.9 Å². The molecule has 0 radical (unpaired) electrons. The minimum Gasteiger partial charge on any atom is -0.450 e. The van der Waals surface area contributed by atoms with E-state index in [2.05, 4.69) is 21.8 Å². The quantitative estimate of drug-likeness (QED) is 0.824. The summed E-state index contributed by atoms with van der Waals surface area (Å²) >= 11 is 1.83. The van der Waals surface area contributed by atoms with Crippen molar-refractivity contribution >= 4 is 33.5 Å². The smallest absolute Gasteiger partial charge is 0.409 e. The molecule has 134 valence electrons. The molecule has 2 aliphatic rings. The Morgan fingerprint density at radius 2 is 2.12 bits per heavy atom. The van der Waals surface area contributed by atoms with Gasteiger partial charge in [0.1, 0.15) is 17.0 Å². The van der Waals surface area contributed by atoms with Gasteiger partial charge in [0.05, 0.1) is 12.0 Å². The fraction of sp³-hybridized carbons (Fsp3) is 0.611. The van der Waals surface area contributed by atoms with Crippen LogP contribution in [-0.4, -0.2) is 53.7 Å². The number of hydrogen-bond donors (Lipinski definition) is 0. The summed E-state index contributed by atoms with van der Waals surface area (Å²) in [5, 5.41) is 1.25. The lowest BCUT2D eigenvalue weighted by Crippen LogP contribution is -2.49. The number of piperazine rings is 1. The Morgan fingerprint density at radius 3 is 2.88 bits per heavy atom. The minimum absolute atomic E-state index is 0.211. The lowest BCUT2D eigenvalue weighted by atomic mass is 9.89. The number of anilines is 1. The van der Waals surface area contributed by atoms with E-state index in [1.807, 2.05) is 18.3 Å². The van der Waals surface area contributed by atoms with Gasteiger partial charge in [0.25, 0.3) is 0 Å². The monoisotopic (exact) mass is 360 g/mol. The molecule has 4 rings (SSSR count). The molecule has 6 nitrogen and oxygen atoms in total. The molecule has 1 amide bonds. The molecule has 0 aromatic carbocycles. The Bertz CT molecular complexity index is 783. The van der Waals surface area contributed by atoms with E-state index >= 15 is 0 Å². The van der Waals surface area contributed by atoms with Gasteiger partial charge in [0.15, 0.2) is 0 Å². The first-order valence-electron chi connectivity index (χ1n) is 9.09. The second kappa shape index (κ2) is 6.78. The summed E-state index contributed by atoms with van der Waals surface area (Å²) in [7, 11) is 0. The van der Waals surface area contributed by atoms with Crippen molar-refractivity contribution in [1.29, 1.82) is 0 Å². The van der Waals surface area contributed by atoms with Gasteiger partial charge >= 0.3 is 6.09 Å². The molecular formula is C18H24N4O2S. The third-order valence-electron chi connectivity index (χ3n) is 5.18. The standard InChI is InChI=1S/C18H24N4O2S/c1-3-24-18(23)22-8-6-21(7-9-22)16-15-13-5-4-12(2)10-14(13)25-17(15)20-11-19-16/h11-12H,3-10H2,1-2H3/t12-/m1/s1. The van der Waals surface area contributed by atoms with Crippen molar-refractivity contribution in [2.45, 2.75) is 33.1 Å². The number of amides is 1. The number of rotatable bonds is 2. The van der Waals surface area contributed by atoms with Crippen molar-refractivity contribution < 1.29 is 9.53 Å². The zero-order valence-electron chi connectivity index (χ0n) is 14.8. The van der Waals surface area contributed by atoms with Crippen molar-refractivity contribution in [2.24, 2.45) is 5.92 Å². The van der Waals surface area contributed by atoms with E-state index in [4.69, 9.17) is 4.74 Å². The Balaban J connectivity index is 1.59. The molecule has 0 saturated carbocycles. The van der Waals surface area contributed by atoms with Gasteiger partial charge in [-0.2, -0.15) is 0 Å². The largest absolute Gasteiger partial charge is 0.450 e. The van der Waals surface area contributed by atoms with Crippen LogP contribution in [0.4, 0.5) is 10.6 Å². The Kier molecular flexibility index (Phi) is 4.50. The van der Waals surface area contributed by atoms with E-state index in [1.165, 1.54) is 22.2 Å². The van der Waals surface area contributed by atoms with Crippen LogP contribution in [0.25, 0.3) is 10.2 Å². The normalized spacial score (nSPS) is 20.6. The molecule has 1 fully saturated rings. The number of aromatic nitrogens is 2. The van der Waals surface area contributed by atoms with Crippen LogP contribution in [0.5, 0.6) is 0 Å². The number of carbonyl (C=O) groups is 1. The van der Waals surface area contributed by atoms with Gasteiger partial charge in [-0.25, -0.2) is 14.8 Å². The second-order valence-electron chi connectivity index (χ2n) is 6.90. The third-order valence-corrected chi connectivity index (χ3v) is 6.34. The molecule has 1 saturated heterocycles. The highest BCUT2D eigenvalue weighted by molar-refractivity contribution is 7.19. The zero-order valence-corrected chi connectivity index (χ0v) is 15.6. The summed E-state index contributed by atoms with van der Waals surface area (Å²) in [5.41, 5.74) is 1.46. The fourth-order valence-corrected chi connectivity index (χ4v) is 5.16. The number of fused-ring (bicyclic) bond motifs is 3. The predicted molar refractivity (Wildman–Crippen MR) is 99.4 cm³/mol. The topological polar surface area (TPSA) is 58.6 Å². The lowest BCUT2D eigenvalue weighted by Gasteiger charge is -2.35. The number of aryl methyl sites for hydroxylation is 1. The Morgan fingerprint density at radius 1 is 1.32 bits per heavy atom. The maximum absolute atomic E-state index is 11.9. The molecule has 0 N–H and O–H groups in total. The third kappa shape index (κ3) is 3.05. The van der Waals surface area contributed by atoms with Gasteiger partial charge in [0.2, 0.25) is 0 Å². The maximum Gasteiger partial charge on any atom is 0.409 e. The number of hydrogen-bond acceptors (Lipinski definition) is 6. The van der Waals surface area contributed by atoms with Crippen LogP contribution in [0.1, 0.15) is 30.7 Å². The summed E-state index contributed by atoms with van der Waals surface area (Å²) in [5.74, 6) is 1.80. The van der Waals surface area contributed by atoms with Crippen LogP contribution in [0.2, 0.25) is 0 Å². The van der Waals surface area contributed by atoms with E-state index in [0.29, 0.717) is 19.7 Å². The van der Waals surface area contributed by atoms with Crippen molar-refractivity contribution in [2.75, 3.05) is 37.7 Å². The van der Waals surface area contributed by atoms with E-state index in [-0.39, 0.29) is 6.09 Å². The molecule has 1 aliphatic heterocycles. The van der Waals surface area contributed by atoms with Crippen LogP contribution in [0, 0.1) is 5.92 Å². The highest BCUT2D eigenvalue weighted by atomic mass is 32.1. The summed E-state index contributed by atoms with van der Waals surface area (Å²) in [6.45, 7) is 7.51. The summed E-state index contributed by atoms with van der Waals surface area (Å²) in [6, 6.07) is 0. The number of nitrogens with zero attached hydrogens (tertiary/aromatic N) is 4. The first kappa shape index (κ1) is 16.6. The van der Waals surface area contributed by atoms with E-state index in [9.17, 15) is 4.79 Å². The van der Waals surface area contributed by atoms with Crippen LogP contribution < -0.4 is 4.90 Å². The number of ether oxygens (including phenoxy) is 1. The highest BCUT2D eigenvalue weighted by Gasteiger charge is 2.27. The average Bonchev–Trinajstić information content (AvgIpc) is 2.99. The van der Waals surface area contributed by atoms with Gasteiger partial charge in [-0.05, 0) is 37.7 Å². The molecule has 25 heavy (non-hydrogen) atoms. The summed E-state index contributed by atoms with van der Waals surface area (Å²) in [4.78, 5) is 27.7. The molecule has 0 unspecified atom stereocenters. The Labute approximate surface area is 151 Å². The van der Waals surface area contributed by atoms with E-state index < -0.39 is 0 Å². The lowest BCUT2D eigenvalue weighted by molar-refractivity contribution is 0.105. The average molecular weight is 360 g/mol. The maximum atomic E-state index is 11.9. The molecule has 0 spiro atoms. The molecule has 2 aromatic rings. The first-order valence-corrected chi connectivity index (χ1v) is 9.91. The Hall–Kier alpha value is -1.89. The van der Waals surface area contributed by atoms with Gasteiger partial charge in [-0.15, -0.1) is 11.3 Å². The van der Waals surface area contributed by atoms with Crippen molar-refractivity contribution in [3.05, 3.63) is 16.8 Å². The van der Waals surface area contributed by atoms with Crippen LogP contribution in [0.15, 0.2) is 6.33 Å². The van der Waals surface area contributed by atoms with Gasteiger partial charge in [0, 0.05) is 31.1 Å². The van der Waals surface area contributed by atoms with Crippen molar-refractivity contribution in [3.8, 4) is 0 Å². The van der Waals surface area contributed by atoms with Gasteiger partial charge < -0.3 is 14.5 Å². The zero-order chi connectivity index (χ0) is 17.4. The summed E-state index contributed by atoms with van der Waals surface area (Å²) < 4.78 is 5.11. The molecule has 1 aliphatic carbocycles. The van der Waals surface area contributed by atoms with Crippen molar-refractivity contribution in [3.63, 3.8) is 0 Å². The van der Waals surface area contributed by atoms with Crippen LogP contribution >= 0.6 is 11.3 Å². The first-order chi connectivity index (χ1) is 12.2. The molecule has 1 atom stereocenters. The second-order valence-corrected chi connectivity index (χ2v) is 7.99. The van der Waals surface area contributed by atoms with Crippen LogP contribution in [0.3, 0.4) is 0 Å². The SMILES string of the molecule is CCOC(=O)N1CCN(c2ncnc3sc4c(c23)CC[C@@H](C)C4)CC1. The molecule has 2 aromatic heterocycles. The molecule has 7 heteroatoms. The van der Waals surface area contributed by atoms with Gasteiger partial charge in [-0.3, -0.25) is 0 Å². The predicted octanol–water partition coefficient (Wildman–Crippen LogP) is 3.09. The molecule has 0 bridgehead atoms. The molecule has 3 heterocycles. The molecular weight excluding hydrogens is 336 g/mol. The minimum atomic E-state index is -0.211. The van der Waals surface area contributed by atoms with Crippen LogP contribution in [-0.2, 0) is 17.6 Å². The van der Waals surface area contributed by atoms with E-state index in [0.717, 1.165) is 42.5 Å².